The molecule has 1 fully saturated rings. The van der Waals surface area contributed by atoms with Crippen molar-refractivity contribution in [2.45, 2.75) is 25.8 Å². The molecule has 0 atom stereocenters. The molecular formula is C14H20ClFN2O. The first-order valence-electron chi connectivity index (χ1n) is 6.34. The van der Waals surface area contributed by atoms with Crippen molar-refractivity contribution in [3.05, 3.63) is 35.1 Å². The summed E-state index contributed by atoms with van der Waals surface area (Å²) in [5.41, 5.74) is 1.31. The summed E-state index contributed by atoms with van der Waals surface area (Å²) in [6.07, 6.45) is 1.91. The molecule has 0 aliphatic carbocycles. The number of hydrogen-bond donors (Lipinski definition) is 1. The third kappa shape index (κ3) is 3.67. The summed E-state index contributed by atoms with van der Waals surface area (Å²) >= 11 is 0. The average molecular weight is 287 g/mol. The highest BCUT2D eigenvalue weighted by molar-refractivity contribution is 5.95. The van der Waals surface area contributed by atoms with Crippen molar-refractivity contribution in [3.63, 3.8) is 0 Å². The zero-order valence-corrected chi connectivity index (χ0v) is 12.1. The second-order valence-corrected chi connectivity index (χ2v) is 4.81. The number of hydrogen-bond acceptors (Lipinski definition) is 2. The Morgan fingerprint density at radius 1 is 1.37 bits per heavy atom. The number of nitrogens with zero attached hydrogens (tertiary/aromatic N) is 1. The summed E-state index contributed by atoms with van der Waals surface area (Å²) in [7, 11) is 1.94. The van der Waals surface area contributed by atoms with Crippen LogP contribution in [-0.4, -0.2) is 37.0 Å². The van der Waals surface area contributed by atoms with E-state index >= 15 is 0 Å². The Kier molecular flexibility index (Phi) is 5.76. The first-order chi connectivity index (χ1) is 8.61. The Morgan fingerprint density at radius 3 is 2.58 bits per heavy atom. The lowest BCUT2D eigenvalue weighted by atomic mass is 10.0. The predicted molar refractivity (Wildman–Crippen MR) is 76.4 cm³/mol. The first-order valence-corrected chi connectivity index (χ1v) is 6.34. The number of carbonyl (C=O) groups is 1. The molecule has 0 radical (unpaired) electrons. The van der Waals surface area contributed by atoms with Crippen molar-refractivity contribution in [2.24, 2.45) is 0 Å². The highest BCUT2D eigenvalue weighted by Crippen LogP contribution is 2.17. The van der Waals surface area contributed by atoms with Gasteiger partial charge >= 0.3 is 0 Å². The molecule has 1 aliphatic rings. The largest absolute Gasteiger partial charge is 0.339 e. The first kappa shape index (κ1) is 15.9. The van der Waals surface area contributed by atoms with E-state index in [1.165, 1.54) is 12.1 Å². The molecule has 0 aromatic heterocycles. The van der Waals surface area contributed by atoms with E-state index in [1.807, 2.05) is 18.9 Å². The van der Waals surface area contributed by atoms with Gasteiger partial charge in [-0.25, -0.2) is 4.39 Å². The average Bonchev–Trinajstić information content (AvgIpc) is 2.41. The molecule has 0 bridgehead atoms. The minimum absolute atomic E-state index is 0. The Morgan fingerprint density at radius 2 is 2.00 bits per heavy atom. The van der Waals surface area contributed by atoms with Gasteiger partial charge in [0.05, 0.1) is 0 Å². The zero-order chi connectivity index (χ0) is 13.1. The Bertz CT molecular complexity index is 445. The molecule has 1 aromatic carbocycles. The van der Waals surface area contributed by atoms with E-state index in [4.69, 9.17) is 0 Å². The summed E-state index contributed by atoms with van der Waals surface area (Å²) in [5.74, 6) is -0.407. The smallest absolute Gasteiger partial charge is 0.254 e. The van der Waals surface area contributed by atoms with Crippen LogP contribution in [-0.2, 0) is 0 Å². The van der Waals surface area contributed by atoms with Crippen LogP contribution in [0.2, 0.25) is 0 Å². The van der Waals surface area contributed by atoms with Gasteiger partial charge in [0.25, 0.3) is 5.91 Å². The lowest BCUT2D eigenvalue weighted by Gasteiger charge is -2.32. The van der Waals surface area contributed by atoms with Crippen molar-refractivity contribution in [2.75, 3.05) is 20.1 Å². The van der Waals surface area contributed by atoms with Gasteiger partial charge in [0.1, 0.15) is 5.82 Å². The van der Waals surface area contributed by atoms with E-state index in [0.29, 0.717) is 11.6 Å². The second kappa shape index (κ2) is 6.87. The maximum absolute atomic E-state index is 13.2. The fourth-order valence-electron chi connectivity index (χ4n) is 2.37. The Balaban J connectivity index is 0.00000180. The van der Waals surface area contributed by atoms with Crippen LogP contribution >= 0.6 is 12.4 Å². The molecule has 1 N–H and O–H groups in total. The highest BCUT2D eigenvalue weighted by Gasteiger charge is 2.23. The van der Waals surface area contributed by atoms with Crippen LogP contribution in [0.25, 0.3) is 0 Å². The molecule has 5 heteroatoms. The molecule has 106 valence electrons. The predicted octanol–water partition coefficient (Wildman–Crippen LogP) is 2.38. The minimum Gasteiger partial charge on any atom is -0.339 e. The highest BCUT2D eigenvalue weighted by atomic mass is 35.5. The van der Waals surface area contributed by atoms with E-state index in [0.717, 1.165) is 31.5 Å². The van der Waals surface area contributed by atoms with Crippen LogP contribution in [0, 0.1) is 12.7 Å². The van der Waals surface area contributed by atoms with Crippen LogP contribution in [0.15, 0.2) is 18.2 Å². The standard InChI is InChI=1S/C14H19FN2O.ClH/c1-10-3-4-11(15)9-13(10)14(18)17-7-5-12(16-2)6-8-17;/h3-4,9,12,16H,5-8H2,1-2H3;1H. The lowest BCUT2D eigenvalue weighted by molar-refractivity contribution is 0.0706. The molecule has 1 aromatic rings. The van der Waals surface area contributed by atoms with E-state index in [9.17, 15) is 9.18 Å². The van der Waals surface area contributed by atoms with Crippen molar-refractivity contribution >= 4 is 18.3 Å². The molecule has 0 spiro atoms. The molecule has 2 rings (SSSR count). The number of nitrogens with one attached hydrogen (secondary N) is 1. The molecule has 1 amide bonds. The number of amides is 1. The Hall–Kier alpha value is -1.13. The van der Waals surface area contributed by atoms with Gasteiger partial charge in [-0.15, -0.1) is 12.4 Å². The molecule has 1 saturated heterocycles. The summed E-state index contributed by atoms with van der Waals surface area (Å²) in [5, 5.41) is 3.23. The normalized spacial score (nSPS) is 16.1. The number of carbonyl (C=O) groups excluding carboxylic acids is 1. The molecule has 19 heavy (non-hydrogen) atoms. The summed E-state index contributed by atoms with van der Waals surface area (Å²) in [4.78, 5) is 14.1. The van der Waals surface area contributed by atoms with Gasteiger partial charge in [0.2, 0.25) is 0 Å². The van der Waals surface area contributed by atoms with E-state index in [-0.39, 0.29) is 24.1 Å². The van der Waals surface area contributed by atoms with Crippen molar-refractivity contribution in [1.82, 2.24) is 10.2 Å². The number of likely N-dealkylation sites (tertiary alicyclic amines) is 1. The number of aryl methyl sites for hydroxylation is 1. The SMILES string of the molecule is CNC1CCN(C(=O)c2cc(F)ccc2C)CC1.Cl. The van der Waals surface area contributed by atoms with Crippen LogP contribution in [0.4, 0.5) is 4.39 Å². The second-order valence-electron chi connectivity index (χ2n) is 4.81. The number of rotatable bonds is 2. The van der Waals surface area contributed by atoms with Gasteiger partial charge in [-0.2, -0.15) is 0 Å². The number of benzene rings is 1. The molecule has 3 nitrogen and oxygen atoms in total. The van der Waals surface area contributed by atoms with E-state index in [2.05, 4.69) is 5.32 Å². The number of halogens is 2. The zero-order valence-electron chi connectivity index (χ0n) is 11.3. The van der Waals surface area contributed by atoms with E-state index in [1.54, 1.807) is 6.07 Å². The molecule has 0 saturated carbocycles. The van der Waals surface area contributed by atoms with Crippen molar-refractivity contribution < 1.29 is 9.18 Å². The molecule has 1 heterocycles. The van der Waals surface area contributed by atoms with Crippen molar-refractivity contribution in [3.8, 4) is 0 Å². The number of piperidine rings is 1. The van der Waals surface area contributed by atoms with Crippen LogP contribution in [0.3, 0.4) is 0 Å². The van der Waals surface area contributed by atoms with Crippen LogP contribution in [0.1, 0.15) is 28.8 Å². The fourth-order valence-corrected chi connectivity index (χ4v) is 2.37. The molecule has 1 aliphatic heterocycles. The third-order valence-electron chi connectivity index (χ3n) is 3.62. The maximum atomic E-state index is 13.2. The van der Waals surface area contributed by atoms with Gasteiger partial charge < -0.3 is 10.2 Å². The van der Waals surface area contributed by atoms with Crippen molar-refractivity contribution in [1.29, 1.82) is 0 Å². The maximum Gasteiger partial charge on any atom is 0.254 e. The topological polar surface area (TPSA) is 32.3 Å². The third-order valence-corrected chi connectivity index (χ3v) is 3.62. The van der Waals surface area contributed by atoms with Gasteiger partial charge in [-0.3, -0.25) is 4.79 Å². The molecular weight excluding hydrogens is 267 g/mol. The lowest BCUT2D eigenvalue weighted by Crippen LogP contribution is -2.44. The molecule has 0 unspecified atom stereocenters. The summed E-state index contributed by atoms with van der Waals surface area (Å²) in [6.45, 7) is 3.31. The van der Waals surface area contributed by atoms with Gasteiger partial charge in [-0.1, -0.05) is 6.07 Å². The fraction of sp³-hybridized carbons (Fsp3) is 0.500. The summed E-state index contributed by atoms with van der Waals surface area (Å²) < 4.78 is 13.2. The monoisotopic (exact) mass is 286 g/mol. The van der Waals surface area contributed by atoms with Gasteiger partial charge in [0, 0.05) is 24.7 Å². The Labute approximate surface area is 119 Å². The van der Waals surface area contributed by atoms with Crippen LogP contribution < -0.4 is 5.32 Å². The van der Waals surface area contributed by atoms with E-state index < -0.39 is 0 Å². The summed E-state index contributed by atoms with van der Waals surface area (Å²) in [6, 6.07) is 4.87. The van der Waals surface area contributed by atoms with Crippen LogP contribution in [0.5, 0.6) is 0 Å². The quantitative estimate of drug-likeness (QED) is 0.905. The van der Waals surface area contributed by atoms with Gasteiger partial charge in [0.15, 0.2) is 0 Å². The van der Waals surface area contributed by atoms with Gasteiger partial charge in [-0.05, 0) is 44.5 Å². The minimum atomic E-state index is -0.353.